The third-order valence-electron chi connectivity index (χ3n) is 4.19. The van der Waals surface area contributed by atoms with Crippen LogP contribution >= 0.6 is 0 Å². The molecule has 2 rings (SSSR count). The van der Waals surface area contributed by atoms with Crippen molar-refractivity contribution in [2.75, 3.05) is 0 Å². The summed E-state index contributed by atoms with van der Waals surface area (Å²) in [6.45, 7) is 2.05. The molecule has 6 nitrogen and oxygen atoms in total. The molecule has 112 valence electrons. The summed E-state index contributed by atoms with van der Waals surface area (Å²) >= 11 is 0. The number of carboxylic acid groups (broad SMARTS) is 1. The van der Waals surface area contributed by atoms with Crippen LogP contribution in [0.3, 0.4) is 0 Å². The van der Waals surface area contributed by atoms with E-state index in [0.29, 0.717) is 0 Å². The van der Waals surface area contributed by atoms with Crippen molar-refractivity contribution in [3.8, 4) is 0 Å². The van der Waals surface area contributed by atoms with Gasteiger partial charge >= 0.3 is 5.97 Å². The molecule has 0 aliphatic heterocycles. The van der Waals surface area contributed by atoms with Gasteiger partial charge in [-0.1, -0.05) is 39.0 Å². The standard InChI is InChI=1S/C14H24N4O2/c1-2-5-12(10-14(19)20)18-13(15-16-17-18)9-8-11-6-3-4-7-11/h11-12H,2-10H2,1H3,(H,19,20). The van der Waals surface area contributed by atoms with Crippen molar-refractivity contribution < 1.29 is 9.90 Å². The molecular weight excluding hydrogens is 256 g/mol. The van der Waals surface area contributed by atoms with E-state index < -0.39 is 5.97 Å². The fraction of sp³-hybridized carbons (Fsp3) is 0.857. The Morgan fingerprint density at radius 1 is 1.45 bits per heavy atom. The number of aliphatic carboxylic acids is 1. The van der Waals surface area contributed by atoms with Crippen LogP contribution in [0.1, 0.15) is 70.2 Å². The third-order valence-corrected chi connectivity index (χ3v) is 4.19. The third kappa shape index (κ3) is 4.02. The van der Waals surface area contributed by atoms with Crippen LogP contribution in [0.5, 0.6) is 0 Å². The number of hydrogen-bond acceptors (Lipinski definition) is 4. The lowest BCUT2D eigenvalue weighted by Crippen LogP contribution is -2.18. The zero-order valence-electron chi connectivity index (χ0n) is 12.2. The first-order valence-electron chi connectivity index (χ1n) is 7.69. The van der Waals surface area contributed by atoms with Crippen molar-refractivity contribution >= 4 is 5.97 Å². The van der Waals surface area contributed by atoms with Gasteiger partial charge in [0.15, 0.2) is 5.82 Å². The van der Waals surface area contributed by atoms with Crippen molar-refractivity contribution in [1.29, 1.82) is 0 Å². The summed E-state index contributed by atoms with van der Waals surface area (Å²) in [5.74, 6) is 0.849. The fourth-order valence-electron chi connectivity index (χ4n) is 3.14. The van der Waals surface area contributed by atoms with E-state index in [1.807, 2.05) is 0 Å². The summed E-state index contributed by atoms with van der Waals surface area (Å²) in [6, 6.07) is -0.119. The maximum absolute atomic E-state index is 11.0. The van der Waals surface area contributed by atoms with Gasteiger partial charge in [0.25, 0.3) is 0 Å². The van der Waals surface area contributed by atoms with Crippen LogP contribution in [-0.2, 0) is 11.2 Å². The largest absolute Gasteiger partial charge is 0.481 e. The Morgan fingerprint density at radius 2 is 2.20 bits per heavy atom. The molecular formula is C14H24N4O2. The maximum atomic E-state index is 11.0. The number of rotatable bonds is 8. The molecule has 1 aliphatic rings. The van der Waals surface area contributed by atoms with Crippen LogP contribution < -0.4 is 0 Å². The van der Waals surface area contributed by atoms with Gasteiger partial charge in [0.1, 0.15) is 0 Å². The summed E-state index contributed by atoms with van der Waals surface area (Å²) in [7, 11) is 0. The highest BCUT2D eigenvalue weighted by Gasteiger charge is 2.21. The average molecular weight is 280 g/mol. The van der Waals surface area contributed by atoms with Gasteiger partial charge < -0.3 is 5.11 Å². The predicted octanol–water partition coefficient (Wildman–Crippen LogP) is 2.61. The summed E-state index contributed by atoms with van der Waals surface area (Å²) in [5, 5.41) is 20.9. The van der Waals surface area contributed by atoms with Crippen molar-refractivity contribution in [2.24, 2.45) is 5.92 Å². The highest BCUT2D eigenvalue weighted by atomic mass is 16.4. The van der Waals surface area contributed by atoms with Gasteiger partial charge in [-0.15, -0.1) is 5.10 Å². The SMILES string of the molecule is CCCC(CC(=O)O)n1nnnc1CCC1CCCC1. The second kappa shape index (κ2) is 7.36. The molecule has 1 atom stereocenters. The van der Waals surface area contributed by atoms with E-state index in [1.54, 1.807) is 4.68 Å². The molecule has 1 unspecified atom stereocenters. The summed E-state index contributed by atoms with van der Waals surface area (Å²) in [5.41, 5.74) is 0. The van der Waals surface area contributed by atoms with E-state index in [0.717, 1.165) is 37.4 Å². The molecule has 0 radical (unpaired) electrons. The average Bonchev–Trinajstić information content (AvgIpc) is 3.06. The topological polar surface area (TPSA) is 80.9 Å². The second-order valence-corrected chi connectivity index (χ2v) is 5.77. The Morgan fingerprint density at radius 3 is 2.85 bits per heavy atom. The molecule has 0 aromatic carbocycles. The number of aryl methyl sites for hydroxylation is 1. The summed E-state index contributed by atoms with van der Waals surface area (Å²) in [4.78, 5) is 11.0. The Labute approximate surface area is 119 Å². The van der Waals surface area contributed by atoms with Crippen LogP contribution in [0, 0.1) is 5.92 Å². The summed E-state index contributed by atoms with van der Waals surface area (Å²) in [6.07, 6.45) is 9.11. The van der Waals surface area contributed by atoms with E-state index in [4.69, 9.17) is 5.11 Å². The van der Waals surface area contributed by atoms with E-state index in [1.165, 1.54) is 25.7 Å². The Kier molecular flexibility index (Phi) is 5.49. The number of tetrazole rings is 1. The molecule has 0 saturated heterocycles. The lowest BCUT2D eigenvalue weighted by molar-refractivity contribution is -0.138. The number of hydrogen-bond donors (Lipinski definition) is 1. The highest BCUT2D eigenvalue weighted by Crippen LogP contribution is 2.29. The van der Waals surface area contributed by atoms with Gasteiger partial charge in [-0.25, -0.2) is 4.68 Å². The van der Waals surface area contributed by atoms with E-state index in [2.05, 4.69) is 22.4 Å². The number of nitrogens with zero attached hydrogens (tertiary/aromatic N) is 4. The van der Waals surface area contributed by atoms with Crippen LogP contribution in [0.25, 0.3) is 0 Å². The minimum atomic E-state index is -0.791. The fourth-order valence-corrected chi connectivity index (χ4v) is 3.14. The normalized spacial score (nSPS) is 17.4. The first-order valence-corrected chi connectivity index (χ1v) is 7.69. The van der Waals surface area contributed by atoms with Gasteiger partial charge in [0.05, 0.1) is 12.5 Å². The lowest BCUT2D eigenvalue weighted by Gasteiger charge is -2.16. The van der Waals surface area contributed by atoms with Crippen molar-refractivity contribution in [2.45, 2.75) is 70.8 Å². The molecule has 1 fully saturated rings. The Bertz CT molecular complexity index is 427. The molecule has 0 amide bonds. The quantitative estimate of drug-likeness (QED) is 0.791. The van der Waals surface area contributed by atoms with Gasteiger partial charge in [-0.3, -0.25) is 4.79 Å². The van der Waals surface area contributed by atoms with Gasteiger partial charge in [-0.05, 0) is 29.2 Å². The molecule has 0 bridgehead atoms. The van der Waals surface area contributed by atoms with Crippen molar-refractivity contribution in [1.82, 2.24) is 20.2 Å². The van der Waals surface area contributed by atoms with Crippen molar-refractivity contribution in [3.63, 3.8) is 0 Å². The highest BCUT2D eigenvalue weighted by molar-refractivity contribution is 5.67. The van der Waals surface area contributed by atoms with Gasteiger partial charge in [0.2, 0.25) is 0 Å². The molecule has 1 aromatic heterocycles. The number of carbonyl (C=O) groups is 1. The van der Waals surface area contributed by atoms with Gasteiger partial charge in [0, 0.05) is 6.42 Å². The van der Waals surface area contributed by atoms with Crippen molar-refractivity contribution in [3.05, 3.63) is 5.82 Å². The van der Waals surface area contributed by atoms with Crippen LogP contribution in [-0.4, -0.2) is 31.3 Å². The molecule has 1 N–H and O–H groups in total. The molecule has 20 heavy (non-hydrogen) atoms. The Balaban J connectivity index is 1.98. The maximum Gasteiger partial charge on any atom is 0.305 e. The zero-order chi connectivity index (χ0) is 14.4. The van der Waals surface area contributed by atoms with E-state index in [-0.39, 0.29) is 12.5 Å². The lowest BCUT2D eigenvalue weighted by atomic mass is 10.0. The van der Waals surface area contributed by atoms with Crippen LogP contribution in [0.2, 0.25) is 0 Å². The zero-order valence-corrected chi connectivity index (χ0v) is 12.2. The monoisotopic (exact) mass is 280 g/mol. The first-order chi connectivity index (χ1) is 9.70. The first kappa shape index (κ1) is 14.9. The minimum Gasteiger partial charge on any atom is -0.481 e. The van der Waals surface area contributed by atoms with Crippen LogP contribution in [0.4, 0.5) is 0 Å². The van der Waals surface area contributed by atoms with Crippen LogP contribution in [0.15, 0.2) is 0 Å². The minimum absolute atomic E-state index is 0.0926. The number of aromatic nitrogens is 4. The predicted molar refractivity (Wildman–Crippen MR) is 74.3 cm³/mol. The summed E-state index contributed by atoms with van der Waals surface area (Å²) < 4.78 is 1.74. The van der Waals surface area contributed by atoms with Gasteiger partial charge in [-0.2, -0.15) is 0 Å². The molecule has 1 aliphatic carbocycles. The molecule has 1 aromatic rings. The molecule has 6 heteroatoms. The second-order valence-electron chi connectivity index (χ2n) is 5.77. The Hall–Kier alpha value is -1.46. The molecule has 0 spiro atoms. The molecule has 1 saturated carbocycles. The van der Waals surface area contributed by atoms with E-state index in [9.17, 15) is 4.79 Å². The molecule has 1 heterocycles. The van der Waals surface area contributed by atoms with E-state index >= 15 is 0 Å². The smallest absolute Gasteiger partial charge is 0.305 e. The number of carboxylic acids is 1.